The van der Waals surface area contributed by atoms with Crippen molar-refractivity contribution in [2.24, 2.45) is 0 Å². The first-order valence-corrected chi connectivity index (χ1v) is 9.01. The van der Waals surface area contributed by atoms with E-state index >= 15 is 0 Å². The van der Waals surface area contributed by atoms with Gasteiger partial charge in [-0.3, -0.25) is 4.79 Å². The van der Waals surface area contributed by atoms with Crippen molar-refractivity contribution >= 4 is 23.0 Å². The number of nitrogens with one attached hydrogen (secondary N) is 2. The molecule has 2 aromatic carbocycles. The highest BCUT2D eigenvalue weighted by atomic mass is 16.3. The van der Waals surface area contributed by atoms with E-state index < -0.39 is 0 Å². The lowest BCUT2D eigenvalue weighted by Crippen LogP contribution is -2.43. The molecule has 1 aliphatic rings. The van der Waals surface area contributed by atoms with E-state index in [-0.39, 0.29) is 5.91 Å². The fourth-order valence-corrected chi connectivity index (χ4v) is 3.20. The zero-order chi connectivity index (χ0) is 18.6. The Balaban J connectivity index is 1.49. The number of hydrogen-bond acceptors (Lipinski definition) is 5. The van der Waals surface area contributed by atoms with Crippen LogP contribution in [0.1, 0.15) is 10.4 Å². The third kappa shape index (κ3) is 3.80. The zero-order valence-electron chi connectivity index (χ0n) is 14.9. The maximum absolute atomic E-state index is 12.6. The van der Waals surface area contributed by atoms with Gasteiger partial charge in [0.2, 0.25) is 0 Å². The molecule has 0 saturated carbocycles. The van der Waals surface area contributed by atoms with E-state index in [1.54, 1.807) is 12.3 Å². The minimum absolute atomic E-state index is 0.190. The van der Waals surface area contributed by atoms with Gasteiger partial charge in [-0.05, 0) is 54.6 Å². The van der Waals surface area contributed by atoms with Gasteiger partial charge in [-0.25, -0.2) is 0 Å². The van der Waals surface area contributed by atoms with Crippen LogP contribution in [0.5, 0.6) is 0 Å². The number of nitrogens with zero attached hydrogens (tertiary/aromatic N) is 1. The summed E-state index contributed by atoms with van der Waals surface area (Å²) in [4.78, 5) is 14.9. The lowest BCUT2D eigenvalue weighted by molar-refractivity contribution is 0.102. The van der Waals surface area contributed by atoms with Gasteiger partial charge in [0, 0.05) is 43.0 Å². The monoisotopic (exact) mass is 362 g/mol. The van der Waals surface area contributed by atoms with Gasteiger partial charge in [-0.2, -0.15) is 0 Å². The summed E-state index contributed by atoms with van der Waals surface area (Å²) in [6.45, 7) is 3.91. The second kappa shape index (κ2) is 7.55. The van der Waals surface area contributed by atoms with Crippen LogP contribution in [0.25, 0.3) is 11.3 Å². The predicted octanol–water partition coefficient (Wildman–Crippen LogP) is 3.19. The molecule has 0 spiro atoms. The van der Waals surface area contributed by atoms with E-state index in [0.29, 0.717) is 16.9 Å². The molecule has 1 aromatic heterocycles. The van der Waals surface area contributed by atoms with Crippen LogP contribution in [-0.4, -0.2) is 32.1 Å². The van der Waals surface area contributed by atoms with Gasteiger partial charge in [0.1, 0.15) is 5.76 Å². The molecular formula is C21H22N4O2. The number of piperazine rings is 1. The third-order valence-corrected chi connectivity index (χ3v) is 4.72. The van der Waals surface area contributed by atoms with E-state index in [9.17, 15) is 4.79 Å². The van der Waals surface area contributed by atoms with Gasteiger partial charge < -0.3 is 25.7 Å². The van der Waals surface area contributed by atoms with Crippen LogP contribution in [-0.2, 0) is 0 Å². The van der Waals surface area contributed by atoms with E-state index in [0.717, 1.165) is 43.2 Å². The Hall–Kier alpha value is -3.25. The molecule has 0 aliphatic carbocycles. The molecule has 1 amide bonds. The Morgan fingerprint density at radius 3 is 2.56 bits per heavy atom. The van der Waals surface area contributed by atoms with Gasteiger partial charge in [-0.1, -0.05) is 0 Å². The molecule has 0 radical (unpaired) electrons. The molecule has 1 aliphatic heterocycles. The summed E-state index contributed by atoms with van der Waals surface area (Å²) in [5.74, 6) is 0.538. The highest BCUT2D eigenvalue weighted by molar-refractivity contribution is 6.06. The first-order chi connectivity index (χ1) is 13.2. The van der Waals surface area contributed by atoms with E-state index in [2.05, 4.69) is 15.5 Å². The van der Waals surface area contributed by atoms with Crippen LogP contribution in [0.2, 0.25) is 0 Å². The SMILES string of the molecule is Nc1ccc(-c2ccco2)cc1NC(=O)c1ccc(N2CCNCC2)cc1. The molecule has 6 heteroatoms. The average molecular weight is 362 g/mol. The Labute approximate surface area is 158 Å². The maximum Gasteiger partial charge on any atom is 0.255 e. The number of nitrogens with two attached hydrogens (primary N) is 1. The predicted molar refractivity (Wildman–Crippen MR) is 108 cm³/mol. The minimum atomic E-state index is -0.190. The highest BCUT2D eigenvalue weighted by Crippen LogP contribution is 2.28. The lowest BCUT2D eigenvalue weighted by atomic mass is 10.1. The normalized spacial score (nSPS) is 14.1. The summed E-state index contributed by atoms with van der Waals surface area (Å²) in [7, 11) is 0. The van der Waals surface area contributed by atoms with Crippen molar-refractivity contribution in [2.45, 2.75) is 0 Å². The van der Waals surface area contributed by atoms with Crippen molar-refractivity contribution in [1.29, 1.82) is 0 Å². The minimum Gasteiger partial charge on any atom is -0.464 e. The molecule has 3 aromatic rings. The number of benzene rings is 2. The number of nitrogen functional groups attached to an aromatic ring is 1. The Bertz CT molecular complexity index is 914. The quantitative estimate of drug-likeness (QED) is 0.621. The Kier molecular flexibility index (Phi) is 4.80. The van der Waals surface area contributed by atoms with E-state index in [1.165, 1.54) is 0 Å². The zero-order valence-corrected chi connectivity index (χ0v) is 14.9. The summed E-state index contributed by atoms with van der Waals surface area (Å²) in [5, 5.41) is 6.24. The number of rotatable bonds is 4. The Morgan fingerprint density at radius 2 is 1.85 bits per heavy atom. The highest BCUT2D eigenvalue weighted by Gasteiger charge is 2.13. The number of amides is 1. The molecule has 2 heterocycles. The molecule has 138 valence electrons. The largest absolute Gasteiger partial charge is 0.464 e. The number of anilines is 3. The van der Waals surface area contributed by atoms with Crippen LogP contribution in [0.15, 0.2) is 65.3 Å². The average Bonchev–Trinajstić information content (AvgIpc) is 3.25. The van der Waals surface area contributed by atoms with Gasteiger partial charge in [0.15, 0.2) is 0 Å². The van der Waals surface area contributed by atoms with Gasteiger partial charge in [-0.15, -0.1) is 0 Å². The van der Waals surface area contributed by atoms with Crippen molar-refractivity contribution in [3.05, 3.63) is 66.4 Å². The van der Waals surface area contributed by atoms with Crippen molar-refractivity contribution in [3.8, 4) is 11.3 Å². The van der Waals surface area contributed by atoms with Crippen molar-refractivity contribution < 1.29 is 9.21 Å². The fourth-order valence-electron chi connectivity index (χ4n) is 3.20. The van der Waals surface area contributed by atoms with Gasteiger partial charge >= 0.3 is 0 Å². The van der Waals surface area contributed by atoms with Crippen molar-refractivity contribution in [3.63, 3.8) is 0 Å². The Morgan fingerprint density at radius 1 is 1.07 bits per heavy atom. The topological polar surface area (TPSA) is 83.5 Å². The molecule has 27 heavy (non-hydrogen) atoms. The molecule has 0 atom stereocenters. The fraction of sp³-hybridized carbons (Fsp3) is 0.190. The summed E-state index contributed by atoms with van der Waals surface area (Å²) >= 11 is 0. The molecule has 4 N–H and O–H groups in total. The molecule has 0 unspecified atom stereocenters. The molecule has 1 saturated heterocycles. The maximum atomic E-state index is 12.6. The molecule has 1 fully saturated rings. The van der Waals surface area contributed by atoms with Crippen LogP contribution in [0, 0.1) is 0 Å². The first-order valence-electron chi connectivity index (χ1n) is 9.01. The first kappa shape index (κ1) is 17.2. The van der Waals surface area contributed by atoms with Gasteiger partial charge in [0.05, 0.1) is 17.6 Å². The number of carbonyl (C=O) groups is 1. The number of furan rings is 1. The lowest BCUT2D eigenvalue weighted by Gasteiger charge is -2.29. The van der Waals surface area contributed by atoms with Crippen LogP contribution in [0.3, 0.4) is 0 Å². The van der Waals surface area contributed by atoms with Crippen molar-refractivity contribution in [2.75, 3.05) is 42.1 Å². The van der Waals surface area contributed by atoms with E-state index in [1.807, 2.05) is 48.5 Å². The smallest absolute Gasteiger partial charge is 0.255 e. The molecule has 0 bridgehead atoms. The summed E-state index contributed by atoms with van der Waals surface area (Å²) in [6, 6.07) is 16.8. The summed E-state index contributed by atoms with van der Waals surface area (Å²) in [5.41, 5.74) is 9.70. The summed E-state index contributed by atoms with van der Waals surface area (Å²) in [6.07, 6.45) is 1.61. The summed E-state index contributed by atoms with van der Waals surface area (Å²) < 4.78 is 5.41. The number of hydrogen-bond donors (Lipinski definition) is 3. The third-order valence-electron chi connectivity index (χ3n) is 4.72. The standard InChI is InChI=1S/C21H22N4O2/c22-18-8-5-16(20-2-1-13-27-20)14-19(18)24-21(26)15-3-6-17(7-4-15)25-11-9-23-10-12-25/h1-8,13-14,23H,9-12,22H2,(H,24,26). The second-order valence-corrected chi connectivity index (χ2v) is 6.52. The van der Waals surface area contributed by atoms with E-state index in [4.69, 9.17) is 10.2 Å². The van der Waals surface area contributed by atoms with Crippen molar-refractivity contribution in [1.82, 2.24) is 5.32 Å². The molecule has 4 rings (SSSR count). The second-order valence-electron chi connectivity index (χ2n) is 6.52. The van der Waals surface area contributed by atoms with Crippen LogP contribution < -0.4 is 21.3 Å². The molecular weight excluding hydrogens is 340 g/mol. The van der Waals surface area contributed by atoms with Gasteiger partial charge in [0.25, 0.3) is 5.91 Å². The molecule has 6 nitrogen and oxygen atoms in total. The van der Waals surface area contributed by atoms with Crippen LogP contribution >= 0.6 is 0 Å². The van der Waals surface area contributed by atoms with Crippen LogP contribution in [0.4, 0.5) is 17.1 Å². The number of carbonyl (C=O) groups excluding carboxylic acids is 1.